The lowest BCUT2D eigenvalue weighted by atomic mass is 10.1. The smallest absolute Gasteiger partial charge is 0.272 e. The van der Waals surface area contributed by atoms with Crippen molar-refractivity contribution in [3.63, 3.8) is 0 Å². The van der Waals surface area contributed by atoms with Crippen molar-refractivity contribution < 1.29 is 14.3 Å². The molecule has 6 heteroatoms. The molecular weight excluding hydrogens is 330 g/mol. The number of ether oxygens (including phenoxy) is 2. The van der Waals surface area contributed by atoms with E-state index in [0.717, 1.165) is 5.69 Å². The average Bonchev–Trinajstić information content (AvgIpc) is 3.05. The standard InChI is InChI=1S/C20H23N3O3/c1-4-25-18-8-6-5-7-17(18)23-10-9-16(11-21)19(23)20(24)22-12-14(2)26-15(3)13-22/h5-10,14-15H,4,12-13H2,1-3H3/t14-,15-/m1/s1. The fourth-order valence-corrected chi connectivity index (χ4v) is 3.37. The minimum absolute atomic E-state index is 0.0349. The first kappa shape index (κ1) is 18.0. The molecule has 6 nitrogen and oxygen atoms in total. The number of para-hydroxylation sites is 2. The molecule has 0 aliphatic carbocycles. The summed E-state index contributed by atoms with van der Waals surface area (Å²) in [7, 11) is 0. The first-order chi connectivity index (χ1) is 12.5. The summed E-state index contributed by atoms with van der Waals surface area (Å²) >= 11 is 0. The molecule has 0 spiro atoms. The number of carbonyl (C=O) groups is 1. The lowest BCUT2D eigenvalue weighted by molar-refractivity contribution is -0.0588. The summed E-state index contributed by atoms with van der Waals surface area (Å²) in [6.07, 6.45) is 1.68. The molecule has 1 saturated heterocycles. The number of benzene rings is 1. The number of hydrogen-bond acceptors (Lipinski definition) is 4. The summed E-state index contributed by atoms with van der Waals surface area (Å²) in [6.45, 7) is 7.34. The second kappa shape index (κ2) is 7.63. The number of nitriles is 1. The van der Waals surface area contributed by atoms with Crippen LogP contribution in [0, 0.1) is 11.3 Å². The van der Waals surface area contributed by atoms with Crippen molar-refractivity contribution in [1.82, 2.24) is 9.47 Å². The van der Waals surface area contributed by atoms with Crippen molar-refractivity contribution in [1.29, 1.82) is 5.26 Å². The first-order valence-electron chi connectivity index (χ1n) is 8.83. The van der Waals surface area contributed by atoms with E-state index in [1.54, 1.807) is 21.7 Å². The highest BCUT2D eigenvalue weighted by Gasteiger charge is 2.30. The van der Waals surface area contributed by atoms with Gasteiger partial charge in [-0.25, -0.2) is 0 Å². The van der Waals surface area contributed by atoms with Crippen LogP contribution in [0.5, 0.6) is 5.75 Å². The Hall–Kier alpha value is -2.78. The molecule has 2 heterocycles. The van der Waals surface area contributed by atoms with Gasteiger partial charge in [0.2, 0.25) is 0 Å². The van der Waals surface area contributed by atoms with E-state index in [1.165, 1.54) is 0 Å². The molecule has 3 rings (SSSR count). The molecule has 1 fully saturated rings. The van der Waals surface area contributed by atoms with Crippen LogP contribution in [0.3, 0.4) is 0 Å². The Balaban J connectivity index is 2.04. The highest BCUT2D eigenvalue weighted by atomic mass is 16.5. The van der Waals surface area contributed by atoms with Crippen molar-refractivity contribution >= 4 is 5.91 Å². The van der Waals surface area contributed by atoms with Gasteiger partial charge in [0, 0.05) is 19.3 Å². The van der Waals surface area contributed by atoms with E-state index >= 15 is 0 Å². The van der Waals surface area contributed by atoms with Crippen LogP contribution < -0.4 is 4.74 Å². The largest absolute Gasteiger partial charge is 0.492 e. The maximum atomic E-state index is 13.3. The Labute approximate surface area is 153 Å². The zero-order valence-corrected chi connectivity index (χ0v) is 15.3. The Morgan fingerprint density at radius 1 is 1.27 bits per heavy atom. The fraction of sp³-hybridized carbons (Fsp3) is 0.400. The third-order valence-electron chi connectivity index (χ3n) is 4.34. The zero-order chi connectivity index (χ0) is 18.7. The Kier molecular flexibility index (Phi) is 5.29. The van der Waals surface area contributed by atoms with Gasteiger partial charge < -0.3 is 18.9 Å². The number of aromatic nitrogens is 1. The number of rotatable bonds is 4. The third kappa shape index (κ3) is 3.44. The molecular formula is C20H23N3O3. The van der Waals surface area contributed by atoms with Gasteiger partial charge in [-0.2, -0.15) is 5.26 Å². The number of carbonyl (C=O) groups excluding carboxylic acids is 1. The van der Waals surface area contributed by atoms with Crippen molar-refractivity contribution in [3.05, 3.63) is 47.8 Å². The molecule has 26 heavy (non-hydrogen) atoms. The van der Waals surface area contributed by atoms with Crippen LogP contribution in [0.2, 0.25) is 0 Å². The maximum absolute atomic E-state index is 13.3. The summed E-state index contributed by atoms with van der Waals surface area (Å²) in [5.41, 5.74) is 1.46. The Bertz CT molecular complexity index is 827. The van der Waals surface area contributed by atoms with E-state index in [-0.39, 0.29) is 18.1 Å². The molecule has 1 aliphatic heterocycles. The molecule has 0 N–H and O–H groups in total. The van der Waals surface area contributed by atoms with Gasteiger partial charge in [-0.1, -0.05) is 12.1 Å². The summed E-state index contributed by atoms with van der Waals surface area (Å²) in [4.78, 5) is 15.0. The highest BCUT2D eigenvalue weighted by Crippen LogP contribution is 2.27. The van der Waals surface area contributed by atoms with Crippen LogP contribution in [0.15, 0.2) is 36.5 Å². The predicted octanol–water partition coefficient (Wildman–Crippen LogP) is 3.00. The van der Waals surface area contributed by atoms with Crippen LogP contribution in [-0.2, 0) is 4.74 Å². The monoisotopic (exact) mass is 353 g/mol. The average molecular weight is 353 g/mol. The van der Waals surface area contributed by atoms with Gasteiger partial charge in [0.1, 0.15) is 17.5 Å². The molecule has 0 bridgehead atoms. The molecule has 1 aromatic heterocycles. The number of nitrogens with zero attached hydrogens (tertiary/aromatic N) is 3. The predicted molar refractivity (Wildman–Crippen MR) is 97.6 cm³/mol. The summed E-state index contributed by atoms with van der Waals surface area (Å²) in [5, 5.41) is 9.51. The van der Waals surface area contributed by atoms with Gasteiger partial charge in [0.05, 0.1) is 30.1 Å². The molecule has 1 amide bonds. The molecule has 0 unspecified atom stereocenters. The molecule has 0 radical (unpaired) electrons. The van der Waals surface area contributed by atoms with E-state index in [9.17, 15) is 10.1 Å². The molecule has 136 valence electrons. The molecule has 1 aliphatic rings. The first-order valence-corrected chi connectivity index (χ1v) is 8.83. The van der Waals surface area contributed by atoms with Crippen molar-refractivity contribution in [2.75, 3.05) is 19.7 Å². The van der Waals surface area contributed by atoms with E-state index < -0.39 is 0 Å². The summed E-state index contributed by atoms with van der Waals surface area (Å²) in [5.74, 6) is 0.507. The lowest BCUT2D eigenvalue weighted by Gasteiger charge is -2.35. The van der Waals surface area contributed by atoms with Crippen LogP contribution in [-0.4, -0.2) is 47.3 Å². The summed E-state index contributed by atoms with van der Waals surface area (Å²) < 4.78 is 13.2. The minimum atomic E-state index is -0.167. The van der Waals surface area contributed by atoms with Gasteiger partial charge in [0.25, 0.3) is 5.91 Å². The topological polar surface area (TPSA) is 67.5 Å². The van der Waals surface area contributed by atoms with Crippen LogP contribution in [0.1, 0.15) is 36.8 Å². The van der Waals surface area contributed by atoms with Crippen molar-refractivity contribution in [2.24, 2.45) is 0 Å². The molecule has 0 saturated carbocycles. The van der Waals surface area contributed by atoms with Crippen molar-refractivity contribution in [3.8, 4) is 17.5 Å². The minimum Gasteiger partial charge on any atom is -0.492 e. The quantitative estimate of drug-likeness (QED) is 0.847. The third-order valence-corrected chi connectivity index (χ3v) is 4.34. The molecule has 2 atom stereocenters. The molecule has 1 aromatic carbocycles. The van der Waals surface area contributed by atoms with E-state index in [0.29, 0.717) is 36.7 Å². The highest BCUT2D eigenvalue weighted by molar-refractivity contribution is 5.96. The normalized spacial score (nSPS) is 19.8. The van der Waals surface area contributed by atoms with Crippen LogP contribution in [0.25, 0.3) is 5.69 Å². The van der Waals surface area contributed by atoms with E-state index in [2.05, 4.69) is 6.07 Å². The lowest BCUT2D eigenvalue weighted by Crippen LogP contribution is -2.48. The Morgan fingerprint density at radius 3 is 2.62 bits per heavy atom. The van der Waals surface area contributed by atoms with Crippen LogP contribution >= 0.6 is 0 Å². The Morgan fingerprint density at radius 2 is 1.96 bits per heavy atom. The fourth-order valence-electron chi connectivity index (χ4n) is 3.37. The van der Waals surface area contributed by atoms with E-state index in [1.807, 2.05) is 45.0 Å². The number of hydrogen-bond donors (Lipinski definition) is 0. The van der Waals surface area contributed by atoms with Gasteiger partial charge >= 0.3 is 0 Å². The second-order valence-corrected chi connectivity index (χ2v) is 6.43. The molecule has 2 aromatic rings. The number of amides is 1. The second-order valence-electron chi connectivity index (χ2n) is 6.43. The van der Waals surface area contributed by atoms with Gasteiger partial charge in [0.15, 0.2) is 0 Å². The zero-order valence-electron chi connectivity index (χ0n) is 15.3. The van der Waals surface area contributed by atoms with E-state index in [4.69, 9.17) is 9.47 Å². The van der Waals surface area contributed by atoms with Crippen LogP contribution in [0.4, 0.5) is 0 Å². The van der Waals surface area contributed by atoms with Gasteiger partial charge in [-0.3, -0.25) is 4.79 Å². The van der Waals surface area contributed by atoms with Gasteiger partial charge in [-0.15, -0.1) is 0 Å². The SMILES string of the molecule is CCOc1ccccc1-n1ccc(C#N)c1C(=O)N1C[C@@H](C)O[C@H](C)C1. The number of morpholine rings is 1. The maximum Gasteiger partial charge on any atom is 0.272 e. The summed E-state index contributed by atoms with van der Waals surface area (Å²) in [6, 6.07) is 11.3. The van der Waals surface area contributed by atoms with Gasteiger partial charge in [-0.05, 0) is 39.0 Å². The van der Waals surface area contributed by atoms with Crippen molar-refractivity contribution in [2.45, 2.75) is 33.0 Å².